The van der Waals surface area contributed by atoms with E-state index in [0.29, 0.717) is 38.0 Å². The SMILES string of the molecule is Cc1nc(-c2ccc(F)cc2C(C)O)c(Cc2cnn(C(F)F)c2)s1.O=[N+]([O-])c1ncc(Br)cc1F. The number of benzene rings is 1. The van der Waals surface area contributed by atoms with Crippen LogP contribution in [-0.4, -0.2) is 29.8 Å². The zero-order chi connectivity index (χ0) is 26.6. The Morgan fingerprint density at radius 3 is 2.56 bits per heavy atom. The number of aliphatic hydroxyl groups excluding tert-OH is 1. The quantitative estimate of drug-likeness (QED) is 0.159. The van der Waals surface area contributed by atoms with Crippen LogP contribution >= 0.6 is 27.3 Å². The summed E-state index contributed by atoms with van der Waals surface area (Å²) in [6.45, 7) is 0.714. The lowest BCUT2D eigenvalue weighted by atomic mass is 9.98. The second-order valence-electron chi connectivity index (χ2n) is 7.41. The fourth-order valence-electron chi connectivity index (χ4n) is 3.20. The summed E-state index contributed by atoms with van der Waals surface area (Å²) in [6.07, 6.45) is 3.38. The fraction of sp³-hybridized carbons (Fsp3) is 0.227. The zero-order valence-corrected chi connectivity index (χ0v) is 21.1. The van der Waals surface area contributed by atoms with E-state index in [-0.39, 0.29) is 0 Å². The number of hydrogen-bond acceptors (Lipinski definition) is 7. The van der Waals surface area contributed by atoms with Crippen LogP contribution in [0.3, 0.4) is 0 Å². The Labute approximate surface area is 214 Å². The van der Waals surface area contributed by atoms with Gasteiger partial charge in [-0.15, -0.1) is 11.3 Å². The van der Waals surface area contributed by atoms with Crippen molar-refractivity contribution in [2.75, 3.05) is 0 Å². The van der Waals surface area contributed by atoms with Gasteiger partial charge in [0.25, 0.3) is 0 Å². The number of halogens is 5. The van der Waals surface area contributed by atoms with Crippen molar-refractivity contribution in [3.63, 3.8) is 0 Å². The van der Waals surface area contributed by atoms with Crippen LogP contribution in [0.15, 0.2) is 47.3 Å². The third-order valence-corrected chi connectivity index (χ3v) is 6.11. The Balaban J connectivity index is 0.000000275. The van der Waals surface area contributed by atoms with Crippen molar-refractivity contribution >= 4 is 33.1 Å². The summed E-state index contributed by atoms with van der Waals surface area (Å²) < 4.78 is 52.4. The first-order valence-corrected chi connectivity index (χ1v) is 11.8. The first kappa shape index (κ1) is 27.4. The lowest BCUT2D eigenvalue weighted by Gasteiger charge is -2.12. The summed E-state index contributed by atoms with van der Waals surface area (Å²) in [5, 5.41) is 24.4. The summed E-state index contributed by atoms with van der Waals surface area (Å²) in [7, 11) is 0. The van der Waals surface area contributed by atoms with Gasteiger partial charge >= 0.3 is 12.4 Å². The van der Waals surface area contributed by atoms with E-state index >= 15 is 0 Å². The van der Waals surface area contributed by atoms with Gasteiger partial charge in [0.05, 0.1) is 27.5 Å². The Morgan fingerprint density at radius 1 is 1.25 bits per heavy atom. The average molecular weight is 588 g/mol. The Morgan fingerprint density at radius 2 is 1.97 bits per heavy atom. The molecule has 1 aromatic carbocycles. The molecule has 1 atom stereocenters. The topological polar surface area (TPSA) is 107 Å². The third-order valence-electron chi connectivity index (χ3n) is 4.70. The van der Waals surface area contributed by atoms with Crippen LogP contribution in [-0.2, 0) is 6.42 Å². The first-order chi connectivity index (χ1) is 17.0. The highest BCUT2D eigenvalue weighted by molar-refractivity contribution is 9.10. The normalized spacial score (nSPS) is 11.8. The molecular weight excluding hydrogens is 570 g/mol. The molecule has 36 heavy (non-hydrogen) atoms. The Hall–Kier alpha value is -3.23. The summed E-state index contributed by atoms with van der Waals surface area (Å²) in [6, 6.07) is 5.17. The van der Waals surface area contributed by atoms with E-state index in [4.69, 9.17) is 0 Å². The standard InChI is InChI=1S/C17H16F3N3OS.C5H2BrFN2O2/c1-9(24)14-6-12(18)3-4-13(14)16-15(25-10(2)22-16)5-11-7-21-23(8-11)17(19)20;6-3-1-4(7)5(8-2-3)9(10)11/h3-4,6-9,17,24H,5H2,1-2H3;1-2H. The van der Waals surface area contributed by atoms with E-state index in [1.165, 1.54) is 42.1 Å². The molecule has 8 nitrogen and oxygen atoms in total. The molecule has 0 aliphatic heterocycles. The van der Waals surface area contributed by atoms with Gasteiger partial charge in [-0.2, -0.15) is 18.3 Å². The van der Waals surface area contributed by atoms with Crippen LogP contribution in [0.25, 0.3) is 11.3 Å². The van der Waals surface area contributed by atoms with Gasteiger partial charge in [0.15, 0.2) is 6.20 Å². The molecule has 0 radical (unpaired) electrons. The lowest BCUT2D eigenvalue weighted by molar-refractivity contribution is -0.392. The molecule has 0 aliphatic carbocycles. The number of aliphatic hydroxyl groups is 1. The van der Waals surface area contributed by atoms with Gasteiger partial charge in [0.1, 0.15) is 5.82 Å². The van der Waals surface area contributed by atoms with Gasteiger partial charge in [0, 0.05) is 29.1 Å². The predicted molar refractivity (Wildman–Crippen MR) is 128 cm³/mol. The van der Waals surface area contributed by atoms with Crippen molar-refractivity contribution in [2.45, 2.75) is 32.9 Å². The summed E-state index contributed by atoms with van der Waals surface area (Å²) in [5.74, 6) is -2.14. The van der Waals surface area contributed by atoms with Crippen LogP contribution < -0.4 is 0 Å². The van der Waals surface area contributed by atoms with Gasteiger partial charge < -0.3 is 15.2 Å². The van der Waals surface area contributed by atoms with Gasteiger partial charge in [-0.05, 0) is 69.0 Å². The largest absolute Gasteiger partial charge is 0.399 e. The van der Waals surface area contributed by atoms with Crippen LogP contribution in [0.4, 0.5) is 23.4 Å². The Kier molecular flexibility index (Phi) is 8.87. The molecule has 4 rings (SSSR count). The smallest absolute Gasteiger partial charge is 0.389 e. The van der Waals surface area contributed by atoms with Crippen molar-refractivity contribution in [1.82, 2.24) is 19.7 Å². The molecule has 0 amide bonds. The van der Waals surface area contributed by atoms with E-state index < -0.39 is 35.0 Å². The average Bonchev–Trinajstić information content (AvgIpc) is 3.40. The van der Waals surface area contributed by atoms with E-state index in [1.807, 2.05) is 6.92 Å². The van der Waals surface area contributed by atoms with Gasteiger partial charge in [0.2, 0.25) is 5.82 Å². The molecule has 0 saturated carbocycles. The van der Waals surface area contributed by atoms with E-state index in [0.717, 1.165) is 16.0 Å². The van der Waals surface area contributed by atoms with Crippen molar-refractivity contribution in [3.8, 4) is 11.3 Å². The van der Waals surface area contributed by atoms with E-state index in [1.54, 1.807) is 13.0 Å². The number of aromatic nitrogens is 4. The maximum Gasteiger partial charge on any atom is 0.399 e. The number of nitro groups is 1. The maximum absolute atomic E-state index is 13.5. The number of nitrogens with zero attached hydrogens (tertiary/aromatic N) is 5. The molecule has 0 aliphatic rings. The fourth-order valence-corrected chi connectivity index (χ4v) is 4.48. The zero-order valence-electron chi connectivity index (χ0n) is 18.7. The number of hydrogen-bond donors (Lipinski definition) is 1. The van der Waals surface area contributed by atoms with Crippen LogP contribution in [0.1, 0.15) is 40.6 Å². The van der Waals surface area contributed by atoms with E-state index in [2.05, 4.69) is 31.0 Å². The summed E-state index contributed by atoms with van der Waals surface area (Å²) in [5.41, 5.74) is 2.33. The highest BCUT2D eigenvalue weighted by atomic mass is 79.9. The molecule has 14 heteroatoms. The molecule has 1 N–H and O–H groups in total. The second-order valence-corrected chi connectivity index (χ2v) is 9.61. The van der Waals surface area contributed by atoms with Crippen LogP contribution in [0, 0.1) is 28.7 Å². The van der Waals surface area contributed by atoms with Crippen LogP contribution in [0.2, 0.25) is 0 Å². The number of aryl methyl sites for hydroxylation is 1. The number of thiazole rings is 1. The lowest BCUT2D eigenvalue weighted by Crippen LogP contribution is -1.99. The number of rotatable bonds is 6. The second kappa shape index (κ2) is 11.7. The summed E-state index contributed by atoms with van der Waals surface area (Å²) >= 11 is 4.36. The third kappa shape index (κ3) is 6.71. The highest BCUT2D eigenvalue weighted by Gasteiger charge is 2.19. The maximum atomic E-state index is 13.5. The molecule has 4 aromatic rings. The Bertz CT molecular complexity index is 1380. The van der Waals surface area contributed by atoms with E-state index in [9.17, 15) is 32.8 Å². The minimum Gasteiger partial charge on any atom is -0.389 e. The molecule has 3 heterocycles. The molecule has 0 spiro atoms. The molecule has 3 aromatic heterocycles. The highest BCUT2D eigenvalue weighted by Crippen LogP contribution is 2.35. The molecule has 0 saturated heterocycles. The minimum atomic E-state index is -2.68. The van der Waals surface area contributed by atoms with Crippen molar-refractivity contribution in [2.24, 2.45) is 0 Å². The number of pyridine rings is 1. The first-order valence-electron chi connectivity index (χ1n) is 10.2. The van der Waals surface area contributed by atoms with Crippen molar-refractivity contribution < 1.29 is 27.6 Å². The molecule has 190 valence electrons. The minimum absolute atomic E-state index is 0.376. The summed E-state index contributed by atoms with van der Waals surface area (Å²) in [4.78, 5) is 17.8. The molecule has 0 fully saturated rings. The van der Waals surface area contributed by atoms with Crippen molar-refractivity contribution in [3.05, 3.63) is 90.1 Å². The van der Waals surface area contributed by atoms with Crippen molar-refractivity contribution in [1.29, 1.82) is 0 Å². The monoisotopic (exact) mass is 587 g/mol. The van der Waals surface area contributed by atoms with Gasteiger partial charge in [-0.25, -0.2) is 14.1 Å². The predicted octanol–water partition coefficient (Wildman–Crippen LogP) is 6.38. The molecule has 1 unspecified atom stereocenters. The molecular formula is C22H18BrF4N5O3S. The molecule has 0 bridgehead atoms. The van der Waals surface area contributed by atoms with Gasteiger partial charge in [-0.3, -0.25) is 0 Å². The van der Waals surface area contributed by atoms with Gasteiger partial charge in [-0.1, -0.05) is 0 Å². The number of alkyl halides is 2. The van der Waals surface area contributed by atoms with Crippen LogP contribution in [0.5, 0.6) is 0 Å².